The van der Waals surface area contributed by atoms with E-state index in [2.05, 4.69) is 4.90 Å². The highest BCUT2D eigenvalue weighted by Gasteiger charge is 2.36. The number of hydrogen-bond donors (Lipinski definition) is 1. The Kier molecular flexibility index (Phi) is 4.11. The Morgan fingerprint density at radius 2 is 2.13 bits per heavy atom. The van der Waals surface area contributed by atoms with Gasteiger partial charge in [0.15, 0.2) is 0 Å². The van der Waals surface area contributed by atoms with Crippen LogP contribution in [0.1, 0.15) is 26.7 Å². The molecule has 1 aliphatic rings. The van der Waals surface area contributed by atoms with Gasteiger partial charge in [0.2, 0.25) is 0 Å². The molecule has 1 aliphatic carbocycles. The van der Waals surface area contributed by atoms with Crippen molar-refractivity contribution in [2.24, 2.45) is 5.41 Å². The molecule has 15 heavy (non-hydrogen) atoms. The third kappa shape index (κ3) is 3.47. The zero-order valence-electron chi connectivity index (χ0n) is 9.82. The maximum atomic E-state index is 11.5. The topological polar surface area (TPSA) is 49.8 Å². The molecule has 0 spiro atoms. The maximum absolute atomic E-state index is 11.5. The molecule has 0 aromatic carbocycles. The molecule has 1 N–H and O–H groups in total. The first kappa shape index (κ1) is 12.5. The van der Waals surface area contributed by atoms with Crippen molar-refractivity contribution in [1.29, 1.82) is 0 Å². The molecule has 1 saturated carbocycles. The van der Waals surface area contributed by atoms with Crippen molar-refractivity contribution in [3.63, 3.8) is 0 Å². The number of methoxy groups -OCH3 is 1. The second-order valence-electron chi connectivity index (χ2n) is 4.80. The van der Waals surface area contributed by atoms with E-state index in [4.69, 9.17) is 9.84 Å². The van der Waals surface area contributed by atoms with Gasteiger partial charge in [0, 0.05) is 19.1 Å². The summed E-state index contributed by atoms with van der Waals surface area (Å²) in [5.41, 5.74) is -0.494. The molecule has 0 amide bonds. The predicted octanol–water partition coefficient (Wildman–Crippen LogP) is 0.642. The number of esters is 1. The summed E-state index contributed by atoms with van der Waals surface area (Å²) in [5, 5.41) is 8.95. The summed E-state index contributed by atoms with van der Waals surface area (Å²) in [6.45, 7) is 5.21. The monoisotopic (exact) mass is 215 g/mol. The van der Waals surface area contributed by atoms with Crippen molar-refractivity contribution in [3.05, 3.63) is 0 Å². The quantitative estimate of drug-likeness (QED) is 0.661. The maximum Gasteiger partial charge on any atom is 0.312 e. The van der Waals surface area contributed by atoms with E-state index < -0.39 is 5.41 Å². The zero-order valence-corrected chi connectivity index (χ0v) is 9.82. The number of aliphatic hydroxyl groups is 1. The minimum Gasteiger partial charge on any atom is -0.469 e. The number of aliphatic hydroxyl groups excluding tert-OH is 1. The molecule has 1 fully saturated rings. The second-order valence-corrected chi connectivity index (χ2v) is 4.80. The van der Waals surface area contributed by atoms with Crippen LogP contribution in [0, 0.1) is 5.41 Å². The molecule has 1 rings (SSSR count). The van der Waals surface area contributed by atoms with Crippen molar-refractivity contribution in [3.8, 4) is 0 Å². The average molecular weight is 215 g/mol. The minimum atomic E-state index is -0.494. The molecule has 4 nitrogen and oxygen atoms in total. The van der Waals surface area contributed by atoms with Crippen molar-refractivity contribution in [2.45, 2.75) is 32.7 Å². The predicted molar refractivity (Wildman–Crippen MR) is 57.5 cm³/mol. The molecule has 0 saturated heterocycles. The Morgan fingerprint density at radius 3 is 2.53 bits per heavy atom. The van der Waals surface area contributed by atoms with E-state index in [1.54, 1.807) is 0 Å². The van der Waals surface area contributed by atoms with Gasteiger partial charge in [-0.25, -0.2) is 0 Å². The lowest BCUT2D eigenvalue weighted by Crippen LogP contribution is -2.42. The van der Waals surface area contributed by atoms with Crippen LogP contribution in [0.2, 0.25) is 0 Å². The van der Waals surface area contributed by atoms with Crippen LogP contribution in [0.3, 0.4) is 0 Å². The molecule has 88 valence electrons. The molecule has 4 heteroatoms. The average Bonchev–Trinajstić information content (AvgIpc) is 2.98. The Bertz CT molecular complexity index is 224. The fourth-order valence-corrected chi connectivity index (χ4v) is 1.81. The van der Waals surface area contributed by atoms with Crippen molar-refractivity contribution >= 4 is 5.97 Å². The Labute approximate surface area is 91.2 Å². The Hall–Kier alpha value is -0.610. The van der Waals surface area contributed by atoms with E-state index >= 15 is 0 Å². The van der Waals surface area contributed by atoms with E-state index in [0.29, 0.717) is 19.1 Å². The summed E-state index contributed by atoms with van der Waals surface area (Å²) in [5.74, 6) is -0.189. The number of ether oxygens (including phenoxy) is 1. The van der Waals surface area contributed by atoms with Crippen molar-refractivity contribution in [1.82, 2.24) is 4.90 Å². The first-order valence-corrected chi connectivity index (χ1v) is 5.44. The molecule has 0 heterocycles. The number of nitrogens with zero attached hydrogens (tertiary/aromatic N) is 1. The first-order valence-electron chi connectivity index (χ1n) is 5.44. The molecule has 0 atom stereocenters. The largest absolute Gasteiger partial charge is 0.469 e. The molecule has 0 unspecified atom stereocenters. The highest BCUT2D eigenvalue weighted by molar-refractivity contribution is 5.76. The number of hydrogen-bond acceptors (Lipinski definition) is 4. The lowest BCUT2D eigenvalue weighted by Gasteiger charge is -2.30. The van der Waals surface area contributed by atoms with Crippen LogP contribution in [0.5, 0.6) is 0 Å². The highest BCUT2D eigenvalue weighted by atomic mass is 16.5. The SMILES string of the molecule is COC(=O)C(C)(C)CN(CCO)C1CC1. The number of carbonyl (C=O) groups excluding carboxylic acids is 1. The molecule has 0 radical (unpaired) electrons. The van der Waals surface area contributed by atoms with Crippen LogP contribution in [-0.2, 0) is 9.53 Å². The van der Waals surface area contributed by atoms with E-state index in [0.717, 1.165) is 0 Å². The molecule has 0 aromatic heterocycles. The summed E-state index contributed by atoms with van der Waals surface area (Å²) in [6.07, 6.45) is 2.36. The van der Waals surface area contributed by atoms with Crippen LogP contribution in [0.4, 0.5) is 0 Å². The van der Waals surface area contributed by atoms with Crippen LogP contribution in [-0.4, -0.2) is 48.8 Å². The van der Waals surface area contributed by atoms with Crippen molar-refractivity contribution in [2.75, 3.05) is 26.8 Å². The Balaban J connectivity index is 2.51. The molecule has 0 bridgehead atoms. The number of rotatable bonds is 6. The fourth-order valence-electron chi connectivity index (χ4n) is 1.81. The van der Waals surface area contributed by atoms with Crippen molar-refractivity contribution < 1.29 is 14.6 Å². The minimum absolute atomic E-state index is 0.147. The van der Waals surface area contributed by atoms with Crippen LogP contribution in [0.25, 0.3) is 0 Å². The van der Waals surface area contributed by atoms with E-state index in [-0.39, 0.29) is 12.6 Å². The summed E-state index contributed by atoms with van der Waals surface area (Å²) >= 11 is 0. The van der Waals surface area contributed by atoms with Crippen LogP contribution < -0.4 is 0 Å². The van der Waals surface area contributed by atoms with Gasteiger partial charge in [0.05, 0.1) is 19.1 Å². The zero-order chi connectivity index (χ0) is 11.5. The fraction of sp³-hybridized carbons (Fsp3) is 0.909. The van der Waals surface area contributed by atoms with E-state index in [1.165, 1.54) is 20.0 Å². The van der Waals surface area contributed by atoms with Gasteiger partial charge >= 0.3 is 5.97 Å². The van der Waals surface area contributed by atoms with Gasteiger partial charge in [-0.3, -0.25) is 9.69 Å². The lowest BCUT2D eigenvalue weighted by atomic mass is 9.93. The normalized spacial score (nSPS) is 16.9. The summed E-state index contributed by atoms with van der Waals surface area (Å²) in [4.78, 5) is 13.7. The van der Waals surface area contributed by atoms with Gasteiger partial charge < -0.3 is 9.84 Å². The third-order valence-corrected chi connectivity index (χ3v) is 2.79. The number of carbonyl (C=O) groups is 1. The van der Waals surface area contributed by atoms with E-state index in [1.807, 2.05) is 13.8 Å². The van der Waals surface area contributed by atoms with Gasteiger partial charge in [-0.15, -0.1) is 0 Å². The van der Waals surface area contributed by atoms with Gasteiger partial charge in [0.25, 0.3) is 0 Å². The smallest absolute Gasteiger partial charge is 0.312 e. The van der Waals surface area contributed by atoms with E-state index in [9.17, 15) is 4.79 Å². The molecular weight excluding hydrogens is 194 g/mol. The lowest BCUT2D eigenvalue weighted by molar-refractivity contribution is -0.152. The van der Waals surface area contributed by atoms with Crippen LogP contribution in [0.15, 0.2) is 0 Å². The Morgan fingerprint density at radius 1 is 1.53 bits per heavy atom. The van der Waals surface area contributed by atoms with Gasteiger partial charge in [0.1, 0.15) is 0 Å². The van der Waals surface area contributed by atoms with Gasteiger partial charge in [-0.2, -0.15) is 0 Å². The summed E-state index contributed by atoms with van der Waals surface area (Å²) in [7, 11) is 1.41. The first-order chi connectivity index (χ1) is 7.01. The third-order valence-electron chi connectivity index (χ3n) is 2.79. The molecular formula is C11H21NO3. The highest BCUT2D eigenvalue weighted by Crippen LogP contribution is 2.30. The second kappa shape index (κ2) is 4.94. The molecule has 0 aromatic rings. The standard InChI is InChI=1S/C11H21NO3/c1-11(2,10(14)15-3)8-12(6-7-13)9-4-5-9/h9,13H,4-8H2,1-3H3. The summed E-state index contributed by atoms with van der Waals surface area (Å²) < 4.78 is 4.77. The van der Waals surface area contributed by atoms with Crippen LogP contribution >= 0.6 is 0 Å². The van der Waals surface area contributed by atoms with Gasteiger partial charge in [-0.05, 0) is 26.7 Å². The van der Waals surface area contributed by atoms with Gasteiger partial charge in [-0.1, -0.05) is 0 Å². The molecule has 0 aliphatic heterocycles. The summed E-state index contributed by atoms with van der Waals surface area (Å²) in [6, 6.07) is 0.557.